The zero-order chi connectivity index (χ0) is 13.7. The van der Waals surface area contributed by atoms with Crippen molar-refractivity contribution >= 4 is 23.4 Å². The van der Waals surface area contributed by atoms with Gasteiger partial charge in [0.05, 0.1) is 6.20 Å². The van der Waals surface area contributed by atoms with Gasteiger partial charge in [-0.2, -0.15) is 4.98 Å². The van der Waals surface area contributed by atoms with Crippen LogP contribution in [0.25, 0.3) is 0 Å². The Labute approximate surface area is 116 Å². The smallest absolute Gasteiger partial charge is 0.224 e. The molecular formula is C11H16ClN7. The van der Waals surface area contributed by atoms with E-state index in [1.165, 1.54) is 0 Å². The molecule has 0 saturated heterocycles. The fraction of sp³-hybridized carbons (Fsp3) is 0.455. The Morgan fingerprint density at radius 1 is 1.37 bits per heavy atom. The zero-order valence-electron chi connectivity index (χ0n) is 10.9. The summed E-state index contributed by atoms with van der Waals surface area (Å²) in [5.74, 6) is 2.09. The number of halogens is 1. The Bertz CT molecular complexity index is 540. The van der Waals surface area contributed by atoms with E-state index in [9.17, 15) is 0 Å². The Morgan fingerprint density at radius 3 is 2.89 bits per heavy atom. The quantitative estimate of drug-likeness (QED) is 0.832. The molecule has 2 aromatic rings. The first kappa shape index (κ1) is 13.5. The van der Waals surface area contributed by atoms with Crippen LogP contribution < -0.4 is 10.6 Å². The number of rotatable bonds is 6. The number of aryl methyl sites for hydroxylation is 1. The SMILES string of the molecule is CCNc1ncc(Cl)c(NCCc2nncn2C)n1. The summed E-state index contributed by atoms with van der Waals surface area (Å²) in [6.07, 6.45) is 4.00. The third kappa shape index (κ3) is 3.54. The molecular weight excluding hydrogens is 266 g/mol. The molecule has 2 heterocycles. The third-order valence-electron chi connectivity index (χ3n) is 2.53. The molecule has 7 nitrogen and oxygen atoms in total. The third-order valence-corrected chi connectivity index (χ3v) is 2.80. The van der Waals surface area contributed by atoms with Gasteiger partial charge in [-0.25, -0.2) is 4.98 Å². The highest BCUT2D eigenvalue weighted by atomic mass is 35.5. The summed E-state index contributed by atoms with van der Waals surface area (Å²) in [5, 5.41) is 14.6. The van der Waals surface area contributed by atoms with Crippen molar-refractivity contribution in [3.63, 3.8) is 0 Å². The molecule has 19 heavy (non-hydrogen) atoms. The van der Waals surface area contributed by atoms with E-state index in [1.807, 2.05) is 18.5 Å². The molecule has 0 unspecified atom stereocenters. The normalized spacial score (nSPS) is 10.5. The van der Waals surface area contributed by atoms with Crippen molar-refractivity contribution in [2.24, 2.45) is 7.05 Å². The number of aromatic nitrogens is 5. The van der Waals surface area contributed by atoms with E-state index in [-0.39, 0.29) is 0 Å². The molecule has 102 valence electrons. The monoisotopic (exact) mass is 281 g/mol. The number of anilines is 2. The average Bonchev–Trinajstić information content (AvgIpc) is 2.79. The average molecular weight is 282 g/mol. The fourth-order valence-electron chi connectivity index (χ4n) is 1.56. The van der Waals surface area contributed by atoms with E-state index in [1.54, 1.807) is 12.5 Å². The molecule has 0 bridgehead atoms. The van der Waals surface area contributed by atoms with Gasteiger partial charge in [0.15, 0.2) is 0 Å². The second kappa shape index (κ2) is 6.33. The predicted octanol–water partition coefficient (Wildman–Crippen LogP) is 1.34. The van der Waals surface area contributed by atoms with Crippen LogP contribution in [0.2, 0.25) is 5.02 Å². The molecule has 0 aliphatic heterocycles. The molecule has 0 aliphatic carbocycles. The van der Waals surface area contributed by atoms with Gasteiger partial charge in [0.1, 0.15) is 23.0 Å². The van der Waals surface area contributed by atoms with Crippen molar-refractivity contribution < 1.29 is 0 Å². The van der Waals surface area contributed by atoms with Crippen molar-refractivity contribution in [2.75, 3.05) is 23.7 Å². The van der Waals surface area contributed by atoms with Crippen molar-refractivity contribution in [1.29, 1.82) is 0 Å². The maximum atomic E-state index is 6.04. The Hall–Kier alpha value is -1.89. The maximum Gasteiger partial charge on any atom is 0.224 e. The summed E-state index contributed by atoms with van der Waals surface area (Å²) in [4.78, 5) is 8.38. The largest absolute Gasteiger partial charge is 0.368 e. The summed E-state index contributed by atoms with van der Waals surface area (Å²) in [6.45, 7) is 3.42. The van der Waals surface area contributed by atoms with E-state index in [0.717, 1.165) is 18.8 Å². The molecule has 0 amide bonds. The van der Waals surface area contributed by atoms with Crippen molar-refractivity contribution in [1.82, 2.24) is 24.7 Å². The van der Waals surface area contributed by atoms with Crippen molar-refractivity contribution in [3.8, 4) is 0 Å². The van der Waals surface area contributed by atoms with Gasteiger partial charge < -0.3 is 15.2 Å². The molecule has 0 atom stereocenters. The van der Waals surface area contributed by atoms with E-state index in [4.69, 9.17) is 11.6 Å². The van der Waals surface area contributed by atoms with Crippen LogP contribution in [0.1, 0.15) is 12.7 Å². The Balaban J connectivity index is 1.95. The first-order valence-electron chi connectivity index (χ1n) is 6.04. The molecule has 2 N–H and O–H groups in total. The molecule has 2 aromatic heterocycles. The highest BCUT2D eigenvalue weighted by Gasteiger charge is 2.05. The van der Waals surface area contributed by atoms with Gasteiger partial charge in [-0.3, -0.25) is 0 Å². The molecule has 0 saturated carbocycles. The van der Waals surface area contributed by atoms with Gasteiger partial charge in [0.2, 0.25) is 5.95 Å². The van der Waals surface area contributed by atoms with Gasteiger partial charge >= 0.3 is 0 Å². The first-order valence-corrected chi connectivity index (χ1v) is 6.41. The lowest BCUT2D eigenvalue weighted by atomic mass is 10.4. The van der Waals surface area contributed by atoms with Crippen LogP contribution in [0.15, 0.2) is 12.5 Å². The number of nitrogens with zero attached hydrogens (tertiary/aromatic N) is 5. The van der Waals surface area contributed by atoms with Gasteiger partial charge in [-0.1, -0.05) is 11.6 Å². The second-order valence-electron chi connectivity index (χ2n) is 3.96. The van der Waals surface area contributed by atoms with Crippen LogP contribution in [-0.4, -0.2) is 37.8 Å². The standard InChI is InChI=1S/C11H16ClN7/c1-3-13-11-15-6-8(12)10(17-11)14-5-4-9-18-16-7-19(9)2/h6-7H,3-5H2,1-2H3,(H2,13,14,15,17). The highest BCUT2D eigenvalue weighted by molar-refractivity contribution is 6.32. The van der Waals surface area contributed by atoms with E-state index >= 15 is 0 Å². The molecule has 0 radical (unpaired) electrons. The van der Waals surface area contributed by atoms with E-state index < -0.39 is 0 Å². The first-order chi connectivity index (χ1) is 9.20. The fourth-order valence-corrected chi connectivity index (χ4v) is 1.72. The minimum Gasteiger partial charge on any atom is -0.368 e. The van der Waals surface area contributed by atoms with Gasteiger partial charge in [-0.15, -0.1) is 10.2 Å². The summed E-state index contributed by atoms with van der Waals surface area (Å²) >= 11 is 6.04. The maximum absolute atomic E-state index is 6.04. The van der Waals surface area contributed by atoms with Crippen LogP contribution in [0.4, 0.5) is 11.8 Å². The van der Waals surface area contributed by atoms with Crippen LogP contribution in [0, 0.1) is 0 Å². The molecule has 0 spiro atoms. The van der Waals surface area contributed by atoms with Gasteiger partial charge in [0.25, 0.3) is 0 Å². The highest BCUT2D eigenvalue weighted by Crippen LogP contribution is 2.19. The van der Waals surface area contributed by atoms with E-state index in [0.29, 0.717) is 23.3 Å². The lowest BCUT2D eigenvalue weighted by Gasteiger charge is -2.08. The van der Waals surface area contributed by atoms with Crippen LogP contribution >= 0.6 is 11.6 Å². The van der Waals surface area contributed by atoms with Crippen LogP contribution in [0.5, 0.6) is 0 Å². The van der Waals surface area contributed by atoms with Gasteiger partial charge in [-0.05, 0) is 6.92 Å². The number of nitrogens with one attached hydrogen (secondary N) is 2. The van der Waals surface area contributed by atoms with Crippen molar-refractivity contribution in [2.45, 2.75) is 13.3 Å². The van der Waals surface area contributed by atoms with E-state index in [2.05, 4.69) is 30.8 Å². The minimum absolute atomic E-state index is 0.500. The van der Waals surface area contributed by atoms with Crippen LogP contribution in [-0.2, 0) is 13.5 Å². The molecule has 0 aliphatic rings. The number of hydrogen-bond donors (Lipinski definition) is 2. The lowest BCUT2D eigenvalue weighted by molar-refractivity contribution is 0.787. The summed E-state index contributed by atoms with van der Waals surface area (Å²) in [6, 6.07) is 0. The Kier molecular flexibility index (Phi) is 4.51. The molecule has 2 rings (SSSR count). The summed E-state index contributed by atoms with van der Waals surface area (Å²) in [7, 11) is 1.91. The van der Waals surface area contributed by atoms with Crippen LogP contribution in [0.3, 0.4) is 0 Å². The second-order valence-corrected chi connectivity index (χ2v) is 4.36. The predicted molar refractivity (Wildman–Crippen MR) is 74.4 cm³/mol. The lowest BCUT2D eigenvalue weighted by Crippen LogP contribution is -2.11. The Morgan fingerprint density at radius 2 is 2.21 bits per heavy atom. The summed E-state index contributed by atoms with van der Waals surface area (Å²) < 4.78 is 1.88. The van der Waals surface area contributed by atoms with Gasteiger partial charge in [0, 0.05) is 26.6 Å². The van der Waals surface area contributed by atoms with Crippen molar-refractivity contribution in [3.05, 3.63) is 23.4 Å². The molecule has 0 fully saturated rings. The topological polar surface area (TPSA) is 80.5 Å². The summed E-state index contributed by atoms with van der Waals surface area (Å²) in [5.41, 5.74) is 0. The minimum atomic E-state index is 0.500. The molecule has 8 heteroatoms. The number of hydrogen-bond acceptors (Lipinski definition) is 6. The molecule has 0 aromatic carbocycles. The zero-order valence-corrected chi connectivity index (χ0v) is 11.6.